The number of hydrogen-bond acceptors (Lipinski definition) is 9. The molecule has 0 radical (unpaired) electrons. The number of non-ortho nitro benzene ring substituents is 2. The maximum absolute atomic E-state index is 12.8. The first-order valence-electron chi connectivity index (χ1n) is 10.9. The fourth-order valence-electron chi connectivity index (χ4n) is 3.73. The van der Waals surface area contributed by atoms with E-state index in [9.17, 15) is 25.0 Å². The van der Waals surface area contributed by atoms with Crippen LogP contribution in [0.1, 0.15) is 16.7 Å². The zero-order valence-corrected chi connectivity index (χ0v) is 19.6. The topological polar surface area (TPSA) is 134 Å². The quantitative estimate of drug-likeness (QED) is 0.189. The van der Waals surface area contributed by atoms with Gasteiger partial charge in [0.15, 0.2) is 5.16 Å². The highest BCUT2D eigenvalue weighted by atomic mass is 32.2. The maximum Gasteiger partial charge on any atom is 0.278 e. The van der Waals surface area contributed by atoms with Gasteiger partial charge in [0.25, 0.3) is 16.9 Å². The molecule has 1 saturated heterocycles. The smallest absolute Gasteiger partial charge is 0.278 e. The molecule has 0 saturated carbocycles. The third-order valence-corrected chi connectivity index (χ3v) is 6.55. The Kier molecular flexibility index (Phi) is 7.85. The maximum atomic E-state index is 12.8. The summed E-state index contributed by atoms with van der Waals surface area (Å²) in [6, 6.07) is 12.6. The zero-order chi connectivity index (χ0) is 24.8. The van der Waals surface area contributed by atoms with Gasteiger partial charge in [-0.3, -0.25) is 29.9 Å². The summed E-state index contributed by atoms with van der Waals surface area (Å²) in [7, 11) is 0. The van der Waals surface area contributed by atoms with Crippen molar-refractivity contribution in [2.75, 3.05) is 26.3 Å². The Bertz CT molecular complexity index is 1290. The van der Waals surface area contributed by atoms with E-state index in [0.29, 0.717) is 54.9 Å². The molecule has 1 aliphatic heterocycles. The number of ether oxygens (including phenoxy) is 1. The number of thioether (sulfide) groups is 1. The Morgan fingerprint density at radius 3 is 2.23 bits per heavy atom. The summed E-state index contributed by atoms with van der Waals surface area (Å²) in [5.74, 6) is 0.367. The Labute approximate surface area is 204 Å². The summed E-state index contributed by atoms with van der Waals surface area (Å²) in [6.45, 7) is 3.35. The average molecular weight is 498 g/mol. The van der Waals surface area contributed by atoms with Crippen LogP contribution < -0.4 is 5.56 Å². The molecule has 4 rings (SSSR count). The van der Waals surface area contributed by atoms with Gasteiger partial charge in [-0.1, -0.05) is 36.0 Å². The molecule has 182 valence electrons. The van der Waals surface area contributed by atoms with Crippen molar-refractivity contribution in [2.24, 2.45) is 0 Å². The van der Waals surface area contributed by atoms with Gasteiger partial charge in [0.2, 0.25) is 0 Å². The molecule has 0 N–H and O–H groups in total. The molecule has 2 heterocycles. The molecule has 2 aromatic carbocycles. The first-order valence-corrected chi connectivity index (χ1v) is 11.9. The number of nitro groups is 2. The van der Waals surface area contributed by atoms with E-state index in [2.05, 4.69) is 9.88 Å². The van der Waals surface area contributed by atoms with Gasteiger partial charge in [0.05, 0.1) is 23.1 Å². The van der Waals surface area contributed by atoms with E-state index in [0.717, 1.165) is 5.56 Å². The molecule has 0 unspecified atom stereocenters. The van der Waals surface area contributed by atoms with Gasteiger partial charge >= 0.3 is 0 Å². The van der Waals surface area contributed by atoms with Crippen molar-refractivity contribution in [2.45, 2.75) is 24.0 Å². The molecule has 0 amide bonds. The van der Waals surface area contributed by atoms with Crippen molar-refractivity contribution in [3.63, 3.8) is 0 Å². The van der Waals surface area contributed by atoms with E-state index < -0.39 is 9.85 Å². The van der Waals surface area contributed by atoms with Crippen molar-refractivity contribution in [1.82, 2.24) is 14.5 Å². The van der Waals surface area contributed by atoms with E-state index in [-0.39, 0.29) is 23.5 Å². The first kappa shape index (κ1) is 24.5. The van der Waals surface area contributed by atoms with Gasteiger partial charge in [0, 0.05) is 68.0 Å². The van der Waals surface area contributed by atoms with E-state index in [1.165, 1.54) is 36.0 Å². The summed E-state index contributed by atoms with van der Waals surface area (Å²) in [5.41, 5.74) is 1.57. The molecule has 35 heavy (non-hydrogen) atoms. The highest BCUT2D eigenvalue weighted by molar-refractivity contribution is 7.98. The average Bonchev–Trinajstić information content (AvgIpc) is 2.86. The minimum atomic E-state index is -0.453. The molecule has 1 fully saturated rings. The van der Waals surface area contributed by atoms with Gasteiger partial charge in [0.1, 0.15) is 0 Å². The van der Waals surface area contributed by atoms with Crippen LogP contribution >= 0.6 is 11.8 Å². The third-order valence-electron chi connectivity index (χ3n) is 5.49. The first-order chi connectivity index (χ1) is 16.9. The highest BCUT2D eigenvalue weighted by Crippen LogP contribution is 2.24. The fourth-order valence-corrected chi connectivity index (χ4v) is 4.64. The number of hydrogen-bond donors (Lipinski definition) is 0. The summed E-state index contributed by atoms with van der Waals surface area (Å²) >= 11 is 1.28. The Hall–Kier alpha value is -3.61. The Morgan fingerprint density at radius 1 is 0.943 bits per heavy atom. The van der Waals surface area contributed by atoms with Crippen molar-refractivity contribution in [3.8, 4) is 0 Å². The van der Waals surface area contributed by atoms with Crippen molar-refractivity contribution >= 4 is 23.1 Å². The van der Waals surface area contributed by atoms with Gasteiger partial charge in [-0.05, 0) is 11.1 Å². The lowest BCUT2D eigenvalue weighted by atomic mass is 10.2. The summed E-state index contributed by atoms with van der Waals surface area (Å²) in [5, 5.41) is 22.7. The number of morpholine rings is 1. The second-order valence-corrected chi connectivity index (χ2v) is 8.96. The van der Waals surface area contributed by atoms with Gasteiger partial charge in [-0.15, -0.1) is 0 Å². The van der Waals surface area contributed by atoms with E-state index >= 15 is 0 Å². The second kappa shape index (κ2) is 11.2. The summed E-state index contributed by atoms with van der Waals surface area (Å²) < 4.78 is 7.18. The number of nitro benzene ring substituents is 2. The van der Waals surface area contributed by atoms with Crippen LogP contribution in [0.2, 0.25) is 0 Å². The lowest BCUT2D eigenvalue weighted by Crippen LogP contribution is -2.37. The van der Waals surface area contributed by atoms with Crippen molar-refractivity contribution in [3.05, 3.63) is 102 Å². The number of aromatic nitrogens is 2. The van der Waals surface area contributed by atoms with Crippen LogP contribution in [-0.4, -0.2) is 50.6 Å². The highest BCUT2D eigenvalue weighted by Gasteiger charge is 2.17. The van der Waals surface area contributed by atoms with Gasteiger partial charge in [-0.2, -0.15) is 4.98 Å². The normalized spacial score (nSPS) is 14.1. The van der Waals surface area contributed by atoms with Crippen molar-refractivity contribution < 1.29 is 14.6 Å². The Morgan fingerprint density at radius 2 is 1.57 bits per heavy atom. The van der Waals surface area contributed by atoms with Crippen LogP contribution in [0.5, 0.6) is 0 Å². The molecule has 0 bridgehead atoms. The molecule has 11 nitrogen and oxygen atoms in total. The predicted molar refractivity (Wildman–Crippen MR) is 129 cm³/mol. The van der Waals surface area contributed by atoms with Crippen LogP contribution in [0.15, 0.2) is 64.7 Å². The van der Waals surface area contributed by atoms with Gasteiger partial charge in [-0.25, -0.2) is 0 Å². The molecule has 0 spiro atoms. The monoisotopic (exact) mass is 497 g/mol. The number of benzene rings is 2. The van der Waals surface area contributed by atoms with Crippen LogP contribution in [-0.2, 0) is 23.6 Å². The Balaban J connectivity index is 1.63. The van der Waals surface area contributed by atoms with Gasteiger partial charge < -0.3 is 9.30 Å². The van der Waals surface area contributed by atoms with Crippen LogP contribution in [0.25, 0.3) is 0 Å². The largest absolute Gasteiger partial charge is 0.379 e. The molecule has 3 aromatic rings. The zero-order valence-electron chi connectivity index (χ0n) is 18.7. The van der Waals surface area contributed by atoms with E-state index in [1.807, 2.05) is 0 Å². The molecule has 1 aliphatic rings. The van der Waals surface area contributed by atoms with E-state index in [1.54, 1.807) is 35.0 Å². The lowest BCUT2D eigenvalue weighted by Gasteiger charge is -2.26. The van der Waals surface area contributed by atoms with E-state index in [4.69, 9.17) is 4.74 Å². The third kappa shape index (κ3) is 6.50. The van der Waals surface area contributed by atoms with Crippen LogP contribution in [0, 0.1) is 20.2 Å². The minimum absolute atomic E-state index is 0.00842. The summed E-state index contributed by atoms with van der Waals surface area (Å²) in [6.07, 6.45) is 1.75. The fraction of sp³-hybridized carbons (Fsp3) is 0.304. The van der Waals surface area contributed by atoms with Crippen LogP contribution in [0.3, 0.4) is 0 Å². The predicted octanol–water partition coefficient (Wildman–Crippen LogP) is 3.23. The molecular formula is C23H23N5O6S. The minimum Gasteiger partial charge on any atom is -0.379 e. The second-order valence-electron chi connectivity index (χ2n) is 8.01. The standard InChI is InChI=1S/C23H23N5O6S/c29-22-19(14-25-7-9-34-10-8-25)15-26(13-17-3-1-5-20(11-17)27(30)31)23(24-22)35-16-18-4-2-6-21(12-18)28(32)33/h1-6,11-12,15H,7-10,13-14,16H2. The molecule has 1 aromatic heterocycles. The molecular weight excluding hydrogens is 474 g/mol. The number of rotatable bonds is 9. The SMILES string of the molecule is O=c1nc(SCc2cccc([N+](=O)[O-])c2)n(Cc2cccc([N+](=O)[O-])c2)cc1CN1CCOCC1. The lowest BCUT2D eigenvalue weighted by molar-refractivity contribution is -0.385. The molecule has 12 heteroatoms. The number of nitrogens with zero attached hydrogens (tertiary/aromatic N) is 5. The molecule has 0 atom stereocenters. The summed E-state index contributed by atoms with van der Waals surface area (Å²) in [4.78, 5) is 40.7. The van der Waals surface area contributed by atoms with Crippen molar-refractivity contribution in [1.29, 1.82) is 0 Å². The van der Waals surface area contributed by atoms with Crippen LogP contribution in [0.4, 0.5) is 11.4 Å². The molecule has 0 aliphatic carbocycles.